The monoisotopic (exact) mass is 656 g/mol. The number of carboxylic acid groups (broad SMARTS) is 1. The predicted octanol–water partition coefficient (Wildman–Crippen LogP) is 5.84. The normalized spacial score (nSPS) is 18.2. The summed E-state index contributed by atoms with van der Waals surface area (Å²) in [5, 5.41) is 22.4. The molecule has 0 unspecified atom stereocenters. The highest BCUT2D eigenvalue weighted by molar-refractivity contribution is 7.99. The van der Waals surface area contributed by atoms with Crippen molar-refractivity contribution in [3.05, 3.63) is 119 Å². The van der Waals surface area contributed by atoms with E-state index in [4.69, 9.17) is 14.2 Å². The minimum atomic E-state index is -1.03. The first-order chi connectivity index (χ1) is 22.7. The van der Waals surface area contributed by atoms with Crippen LogP contribution in [-0.2, 0) is 37.0 Å². The van der Waals surface area contributed by atoms with E-state index in [-0.39, 0.29) is 36.8 Å². The Kier molecular flexibility index (Phi) is 11.4. The Morgan fingerprint density at radius 2 is 1.70 bits per heavy atom. The lowest BCUT2D eigenvalue weighted by atomic mass is 9.99. The van der Waals surface area contributed by atoms with E-state index in [1.807, 2.05) is 72.8 Å². The van der Waals surface area contributed by atoms with Crippen molar-refractivity contribution in [3.8, 4) is 11.1 Å². The summed E-state index contributed by atoms with van der Waals surface area (Å²) < 4.78 is 18.0. The molecule has 0 spiro atoms. The first-order valence-corrected chi connectivity index (χ1v) is 16.1. The molecule has 2 heterocycles. The van der Waals surface area contributed by atoms with Crippen LogP contribution in [0.5, 0.6) is 0 Å². The van der Waals surface area contributed by atoms with E-state index in [9.17, 15) is 24.6 Å². The number of esters is 1. The van der Waals surface area contributed by atoms with Crippen LogP contribution in [0.3, 0.4) is 0 Å². The van der Waals surface area contributed by atoms with E-state index in [0.29, 0.717) is 17.2 Å². The van der Waals surface area contributed by atoms with Gasteiger partial charge in [0.2, 0.25) is 0 Å². The summed E-state index contributed by atoms with van der Waals surface area (Å²) in [6.45, 7) is 3.00. The van der Waals surface area contributed by atoms with Gasteiger partial charge in [-0.25, -0.2) is 9.78 Å². The lowest BCUT2D eigenvalue weighted by Crippen LogP contribution is -2.35. The zero-order chi connectivity index (χ0) is 33.3. The molecule has 244 valence electrons. The SMILES string of the molecule is CC(=O)O[C@@H](C)C(=O)NCc1cccc(-c2cccc([C@H]3O[C@@H](CSc4ncccc4C(=O)O)C[C@@H](c4ccc(CO)cc4)O3)c2)c1. The fourth-order valence-corrected chi connectivity index (χ4v) is 6.23. The highest BCUT2D eigenvalue weighted by Gasteiger charge is 2.33. The van der Waals surface area contributed by atoms with Gasteiger partial charge in [0.05, 0.1) is 24.4 Å². The number of ether oxygens (including phenoxy) is 3. The molecule has 3 aromatic carbocycles. The van der Waals surface area contributed by atoms with Crippen LogP contribution < -0.4 is 5.32 Å². The van der Waals surface area contributed by atoms with E-state index in [1.54, 1.807) is 12.3 Å². The molecule has 3 N–H and O–H groups in total. The number of nitrogens with zero attached hydrogens (tertiary/aromatic N) is 1. The van der Waals surface area contributed by atoms with Crippen molar-refractivity contribution in [2.24, 2.45) is 0 Å². The molecule has 1 saturated heterocycles. The van der Waals surface area contributed by atoms with Gasteiger partial charge in [-0.15, -0.1) is 11.8 Å². The smallest absolute Gasteiger partial charge is 0.338 e. The van der Waals surface area contributed by atoms with Crippen molar-refractivity contribution in [1.82, 2.24) is 10.3 Å². The summed E-state index contributed by atoms with van der Waals surface area (Å²) >= 11 is 1.34. The van der Waals surface area contributed by atoms with Crippen LogP contribution in [0.15, 0.2) is 96.2 Å². The van der Waals surface area contributed by atoms with E-state index < -0.39 is 24.3 Å². The molecule has 4 aromatic rings. The summed E-state index contributed by atoms with van der Waals surface area (Å²) in [5.74, 6) is -1.47. The Bertz CT molecular complexity index is 1710. The molecule has 0 saturated carbocycles. The Morgan fingerprint density at radius 1 is 0.957 bits per heavy atom. The minimum absolute atomic E-state index is 0.0550. The van der Waals surface area contributed by atoms with Crippen molar-refractivity contribution in [3.63, 3.8) is 0 Å². The van der Waals surface area contributed by atoms with Crippen molar-refractivity contribution < 1.29 is 38.8 Å². The summed E-state index contributed by atoms with van der Waals surface area (Å²) in [5.41, 5.74) is 5.44. The number of carboxylic acids is 1. The van der Waals surface area contributed by atoms with E-state index in [2.05, 4.69) is 10.3 Å². The number of hydrogen-bond acceptors (Lipinski definition) is 9. The number of carbonyl (C=O) groups excluding carboxylic acids is 2. The zero-order valence-electron chi connectivity index (χ0n) is 26.0. The third-order valence-corrected chi connectivity index (χ3v) is 8.76. The average Bonchev–Trinajstić information content (AvgIpc) is 3.09. The molecular formula is C36H36N2O8S. The molecule has 1 aliphatic rings. The van der Waals surface area contributed by atoms with Crippen LogP contribution in [0, 0.1) is 0 Å². The van der Waals surface area contributed by atoms with Crippen LogP contribution in [0.1, 0.15) is 65.3 Å². The lowest BCUT2D eigenvalue weighted by molar-refractivity contribution is -0.245. The number of benzene rings is 3. The van der Waals surface area contributed by atoms with Crippen molar-refractivity contribution in [2.45, 2.75) is 63.0 Å². The molecule has 5 rings (SSSR count). The van der Waals surface area contributed by atoms with Gasteiger partial charge in [-0.3, -0.25) is 9.59 Å². The molecule has 4 atom stereocenters. The van der Waals surface area contributed by atoms with Gasteiger partial charge < -0.3 is 29.7 Å². The predicted molar refractivity (Wildman–Crippen MR) is 175 cm³/mol. The van der Waals surface area contributed by atoms with Gasteiger partial charge in [-0.1, -0.05) is 60.7 Å². The molecule has 1 fully saturated rings. The molecular weight excluding hydrogens is 620 g/mol. The molecule has 0 radical (unpaired) electrons. The number of aliphatic hydroxyl groups excluding tert-OH is 1. The molecule has 1 aliphatic heterocycles. The minimum Gasteiger partial charge on any atom is -0.478 e. The van der Waals surface area contributed by atoms with Crippen molar-refractivity contribution in [1.29, 1.82) is 0 Å². The largest absolute Gasteiger partial charge is 0.478 e. The first-order valence-electron chi connectivity index (χ1n) is 15.2. The number of rotatable bonds is 12. The average molecular weight is 657 g/mol. The Balaban J connectivity index is 1.35. The fourth-order valence-electron chi connectivity index (χ4n) is 5.22. The maximum atomic E-state index is 12.3. The summed E-state index contributed by atoms with van der Waals surface area (Å²) in [4.78, 5) is 39.5. The van der Waals surface area contributed by atoms with Crippen LogP contribution in [0.25, 0.3) is 11.1 Å². The zero-order valence-corrected chi connectivity index (χ0v) is 26.8. The van der Waals surface area contributed by atoms with Gasteiger partial charge in [-0.05, 0) is 59.0 Å². The van der Waals surface area contributed by atoms with Crippen LogP contribution in [0.2, 0.25) is 0 Å². The lowest BCUT2D eigenvalue weighted by Gasteiger charge is -2.36. The van der Waals surface area contributed by atoms with Crippen LogP contribution in [0.4, 0.5) is 0 Å². The third kappa shape index (κ3) is 9.05. The molecule has 0 aliphatic carbocycles. The fraction of sp³-hybridized carbons (Fsp3) is 0.278. The summed E-state index contributed by atoms with van der Waals surface area (Å²) in [7, 11) is 0. The molecule has 11 heteroatoms. The topological polar surface area (TPSA) is 144 Å². The molecule has 0 bridgehead atoms. The summed E-state index contributed by atoms with van der Waals surface area (Å²) in [6.07, 6.45) is -0.0591. The number of hydrogen-bond donors (Lipinski definition) is 3. The highest BCUT2D eigenvalue weighted by Crippen LogP contribution is 2.40. The molecule has 1 aromatic heterocycles. The molecule has 47 heavy (non-hydrogen) atoms. The second kappa shape index (κ2) is 15.8. The van der Waals surface area contributed by atoms with E-state index >= 15 is 0 Å². The van der Waals surface area contributed by atoms with Crippen molar-refractivity contribution in [2.75, 3.05) is 5.75 Å². The molecule has 1 amide bonds. The van der Waals surface area contributed by atoms with Gasteiger partial charge in [0.25, 0.3) is 5.91 Å². The Hall–Kier alpha value is -4.55. The second-order valence-corrected chi connectivity index (χ2v) is 12.1. The van der Waals surface area contributed by atoms with E-state index in [0.717, 1.165) is 33.4 Å². The van der Waals surface area contributed by atoms with Gasteiger partial charge >= 0.3 is 11.9 Å². The second-order valence-electron chi connectivity index (χ2n) is 11.1. The van der Waals surface area contributed by atoms with Crippen molar-refractivity contribution >= 4 is 29.6 Å². The number of aromatic nitrogens is 1. The summed E-state index contributed by atoms with van der Waals surface area (Å²) in [6, 6.07) is 26.4. The number of carbonyl (C=O) groups is 3. The quantitative estimate of drug-likeness (QED) is 0.126. The van der Waals surface area contributed by atoms with Gasteiger partial charge in [0.15, 0.2) is 12.4 Å². The Morgan fingerprint density at radius 3 is 2.43 bits per heavy atom. The van der Waals surface area contributed by atoms with Crippen LogP contribution >= 0.6 is 11.8 Å². The number of nitrogens with one attached hydrogen (secondary N) is 1. The number of thioether (sulfide) groups is 1. The van der Waals surface area contributed by atoms with E-state index in [1.165, 1.54) is 31.7 Å². The molecule has 10 nitrogen and oxygen atoms in total. The number of aliphatic hydroxyl groups is 1. The standard InChI is InChI=1S/C36H36N2O8S/c1-22(44-23(2)40)33(41)38-19-25-6-3-7-27(16-25)28-8-4-9-29(17-28)36-45-30(21-47-34-31(35(42)43)10-5-15-37-34)18-32(46-36)26-13-11-24(20-39)12-14-26/h3-17,22,30,32,36,39H,18-21H2,1-2H3,(H,38,41)(H,42,43)/t22-,30+,32-,36-/m0/s1. The number of pyridine rings is 1. The van der Waals surface area contributed by atoms with Gasteiger partial charge in [0.1, 0.15) is 5.03 Å². The third-order valence-electron chi connectivity index (χ3n) is 7.62. The van der Waals surface area contributed by atoms with Gasteiger partial charge in [0, 0.05) is 37.4 Å². The highest BCUT2D eigenvalue weighted by atomic mass is 32.2. The van der Waals surface area contributed by atoms with Gasteiger partial charge in [-0.2, -0.15) is 0 Å². The number of aromatic carboxylic acids is 1. The first kappa shape index (κ1) is 33.8. The van der Waals surface area contributed by atoms with Crippen LogP contribution in [-0.4, -0.2) is 51.0 Å². The maximum Gasteiger partial charge on any atom is 0.338 e. The Labute approximate surface area is 277 Å². The number of amides is 1. The maximum absolute atomic E-state index is 12.3.